The second-order valence-corrected chi connectivity index (χ2v) is 16.4. The van der Waals surface area contributed by atoms with E-state index in [2.05, 4.69) is 73.9 Å². The van der Waals surface area contributed by atoms with Crippen molar-refractivity contribution >= 4 is 18.3 Å². The Labute approximate surface area is 376 Å². The highest BCUT2D eigenvalue weighted by atomic mass is 16.7. The third kappa shape index (κ3) is 48.6. The Morgan fingerprint density at radius 3 is 1.67 bits per heavy atom. The summed E-state index contributed by atoms with van der Waals surface area (Å²) < 4.78 is 27.6. The Morgan fingerprint density at radius 2 is 1.11 bits per heavy atom. The number of amides is 1. The number of ether oxygens (including phenoxy) is 5. The van der Waals surface area contributed by atoms with Gasteiger partial charge >= 0.3 is 5.97 Å². The fourth-order valence-corrected chi connectivity index (χ4v) is 6.73. The molecule has 1 N–H and O–H groups in total. The largest absolute Gasteiger partial charge is 0.468 e. The van der Waals surface area contributed by atoms with E-state index in [1.807, 2.05) is 0 Å². The van der Waals surface area contributed by atoms with Crippen LogP contribution in [0.5, 0.6) is 0 Å². The van der Waals surface area contributed by atoms with Crippen molar-refractivity contribution in [1.82, 2.24) is 10.2 Å². The van der Waals surface area contributed by atoms with Crippen molar-refractivity contribution in [2.75, 3.05) is 66.3 Å². The molecule has 0 aliphatic carbocycles. The van der Waals surface area contributed by atoms with E-state index < -0.39 is 0 Å². The van der Waals surface area contributed by atoms with Gasteiger partial charge in [-0.3, -0.25) is 14.4 Å². The summed E-state index contributed by atoms with van der Waals surface area (Å²) in [6.45, 7) is 17.6. The molecule has 0 bridgehead atoms. The van der Waals surface area contributed by atoms with Crippen LogP contribution in [-0.4, -0.2) is 95.9 Å². The van der Waals surface area contributed by atoms with Gasteiger partial charge in [0.25, 0.3) is 6.47 Å². The van der Waals surface area contributed by atoms with E-state index in [1.54, 1.807) is 7.11 Å². The molecule has 0 aromatic carbocycles. The van der Waals surface area contributed by atoms with E-state index in [4.69, 9.17) is 18.9 Å². The number of hydrogen-bond donors (Lipinski definition) is 1. The topological polar surface area (TPSA) is 113 Å². The molecule has 10 heteroatoms. The third-order valence-corrected chi connectivity index (χ3v) is 10.7. The second kappa shape index (κ2) is 52.1. The van der Waals surface area contributed by atoms with Crippen LogP contribution in [0.25, 0.3) is 0 Å². The predicted octanol–water partition coefficient (Wildman–Crippen LogP) is 12.5. The van der Waals surface area contributed by atoms with Crippen LogP contribution in [0.1, 0.15) is 208 Å². The predicted molar refractivity (Wildman–Crippen MR) is 255 cm³/mol. The van der Waals surface area contributed by atoms with E-state index in [0.717, 1.165) is 71.0 Å². The molecule has 0 fully saturated rings. The SMILES string of the molecule is CCCCC/C=C\C/C=C\CCCCCCCC(=O)OCC(CNC(=O)CCC(OCCCCCCCC)OCCCCCCCC)COC.CCN(CC)CCCOC=O. The Kier molecular flexibility index (Phi) is 51.9. The molecule has 0 rings (SSSR count). The number of carbonyl (C=O) groups is 3. The minimum absolute atomic E-state index is 0.0427. The van der Waals surface area contributed by atoms with Crippen molar-refractivity contribution in [3.05, 3.63) is 24.3 Å². The summed E-state index contributed by atoms with van der Waals surface area (Å²) in [4.78, 5) is 37.1. The smallest absolute Gasteiger partial charge is 0.305 e. The number of esters is 1. The van der Waals surface area contributed by atoms with Gasteiger partial charge in [0.15, 0.2) is 6.29 Å². The minimum Gasteiger partial charge on any atom is -0.468 e. The number of hydrogen-bond acceptors (Lipinski definition) is 9. The lowest BCUT2D eigenvalue weighted by atomic mass is 10.1. The average molecular weight is 867 g/mol. The Balaban J connectivity index is 0. The van der Waals surface area contributed by atoms with Gasteiger partial charge in [0, 0.05) is 58.6 Å². The maximum atomic E-state index is 12.7. The first-order chi connectivity index (χ1) is 29.9. The number of rotatable bonds is 46. The van der Waals surface area contributed by atoms with Crippen LogP contribution in [0.4, 0.5) is 0 Å². The summed E-state index contributed by atoms with van der Waals surface area (Å²) in [6, 6.07) is 0. The van der Waals surface area contributed by atoms with Crippen LogP contribution in [0.3, 0.4) is 0 Å². The summed E-state index contributed by atoms with van der Waals surface area (Å²) in [6.07, 6.45) is 38.3. The van der Waals surface area contributed by atoms with E-state index >= 15 is 0 Å². The zero-order valence-corrected chi connectivity index (χ0v) is 40.7. The van der Waals surface area contributed by atoms with Crippen LogP contribution < -0.4 is 5.32 Å². The molecule has 0 spiro atoms. The highest BCUT2D eigenvalue weighted by molar-refractivity contribution is 5.75. The lowest BCUT2D eigenvalue weighted by Gasteiger charge is -2.20. The van der Waals surface area contributed by atoms with Crippen molar-refractivity contribution < 1.29 is 38.1 Å². The lowest BCUT2D eigenvalue weighted by Crippen LogP contribution is -2.34. The number of methoxy groups -OCH3 is 1. The zero-order chi connectivity index (χ0) is 45.1. The standard InChI is InChI=1S/C43H81NO6.C8H17NO2/c1-5-8-11-14-17-18-19-20-21-22-23-24-25-26-29-32-42(46)50-39-40(38-47-4)37-44-41(45)33-34-43(48-35-30-27-15-12-9-6-2)49-36-31-28-16-13-10-7-3;1-3-9(4-2)6-5-7-11-8-10/h17-18,20-21,40,43H,5-16,19,22-39H2,1-4H3,(H,44,45);8H,3-7H2,1-2H3/b18-17-,21-20-;. The van der Waals surface area contributed by atoms with Crippen molar-refractivity contribution in [1.29, 1.82) is 0 Å². The first kappa shape index (κ1) is 60.8. The van der Waals surface area contributed by atoms with Crippen LogP contribution in [0.15, 0.2) is 24.3 Å². The molecular weight excluding hydrogens is 769 g/mol. The molecule has 0 heterocycles. The van der Waals surface area contributed by atoms with Crippen LogP contribution in [0.2, 0.25) is 0 Å². The summed E-state index contributed by atoms with van der Waals surface area (Å²) in [5.41, 5.74) is 0. The van der Waals surface area contributed by atoms with Gasteiger partial charge in [-0.2, -0.15) is 0 Å². The summed E-state index contributed by atoms with van der Waals surface area (Å²) in [5, 5.41) is 3.01. The maximum Gasteiger partial charge on any atom is 0.305 e. The number of carbonyl (C=O) groups excluding carboxylic acids is 3. The molecule has 0 saturated heterocycles. The molecule has 0 aliphatic heterocycles. The maximum absolute atomic E-state index is 12.7. The van der Waals surface area contributed by atoms with Crippen LogP contribution >= 0.6 is 0 Å². The minimum atomic E-state index is -0.350. The fourth-order valence-electron chi connectivity index (χ4n) is 6.73. The number of nitrogens with zero attached hydrogens (tertiary/aromatic N) is 1. The van der Waals surface area contributed by atoms with Crippen molar-refractivity contribution in [2.45, 2.75) is 214 Å². The Bertz CT molecular complexity index is 956. The fraction of sp³-hybridized carbons (Fsp3) is 0.863. The first-order valence-electron chi connectivity index (χ1n) is 25.1. The molecule has 1 unspecified atom stereocenters. The highest BCUT2D eigenvalue weighted by Crippen LogP contribution is 2.13. The van der Waals surface area contributed by atoms with Gasteiger partial charge < -0.3 is 33.9 Å². The number of unbranched alkanes of at least 4 members (excludes halogenated alkanes) is 18. The molecule has 61 heavy (non-hydrogen) atoms. The molecule has 1 amide bonds. The van der Waals surface area contributed by atoms with Gasteiger partial charge in [-0.25, -0.2) is 0 Å². The average Bonchev–Trinajstić information content (AvgIpc) is 3.27. The van der Waals surface area contributed by atoms with E-state index in [-0.39, 0.29) is 30.7 Å². The number of nitrogens with one attached hydrogen (secondary N) is 1. The third-order valence-electron chi connectivity index (χ3n) is 10.7. The van der Waals surface area contributed by atoms with Gasteiger partial charge in [-0.05, 0) is 70.9 Å². The monoisotopic (exact) mass is 867 g/mol. The molecule has 1 atom stereocenters. The van der Waals surface area contributed by atoms with Crippen LogP contribution in [0, 0.1) is 5.92 Å². The molecule has 0 aromatic heterocycles. The van der Waals surface area contributed by atoms with Gasteiger partial charge in [-0.1, -0.05) is 155 Å². The lowest BCUT2D eigenvalue weighted by molar-refractivity contribution is -0.151. The molecule has 10 nitrogen and oxygen atoms in total. The highest BCUT2D eigenvalue weighted by Gasteiger charge is 2.16. The second-order valence-electron chi connectivity index (χ2n) is 16.4. The summed E-state index contributed by atoms with van der Waals surface area (Å²) >= 11 is 0. The van der Waals surface area contributed by atoms with Gasteiger partial charge in [0.1, 0.15) is 0 Å². The molecule has 360 valence electrons. The van der Waals surface area contributed by atoms with Gasteiger partial charge in [-0.15, -0.1) is 0 Å². The van der Waals surface area contributed by atoms with Crippen molar-refractivity contribution in [2.24, 2.45) is 5.92 Å². The molecule has 0 radical (unpaired) electrons. The van der Waals surface area contributed by atoms with Crippen LogP contribution in [-0.2, 0) is 38.1 Å². The van der Waals surface area contributed by atoms with Gasteiger partial charge in [0.05, 0.1) is 19.8 Å². The zero-order valence-electron chi connectivity index (χ0n) is 40.7. The van der Waals surface area contributed by atoms with E-state index in [1.165, 1.54) is 103 Å². The summed E-state index contributed by atoms with van der Waals surface area (Å²) in [5.74, 6) is -0.295. The molecular formula is C51H98N2O8. The van der Waals surface area contributed by atoms with Crippen molar-refractivity contribution in [3.8, 4) is 0 Å². The Morgan fingerprint density at radius 1 is 0.590 bits per heavy atom. The Hall–Kier alpha value is -2.27. The van der Waals surface area contributed by atoms with Crippen molar-refractivity contribution in [3.63, 3.8) is 0 Å². The van der Waals surface area contributed by atoms with E-state index in [0.29, 0.717) is 58.7 Å². The van der Waals surface area contributed by atoms with E-state index in [9.17, 15) is 14.4 Å². The molecule has 0 saturated carbocycles. The quantitative estimate of drug-likeness (QED) is 0.0210. The molecule has 0 aliphatic rings. The molecule has 0 aromatic rings. The summed E-state index contributed by atoms with van der Waals surface area (Å²) in [7, 11) is 1.63. The number of allylic oxidation sites excluding steroid dienone is 4. The normalized spacial score (nSPS) is 12.0. The first-order valence-corrected chi connectivity index (χ1v) is 25.1. The van der Waals surface area contributed by atoms with Gasteiger partial charge in [0.2, 0.25) is 5.91 Å².